The summed E-state index contributed by atoms with van der Waals surface area (Å²) in [5.41, 5.74) is 6.88. The molecule has 5 aromatic carbocycles. The Morgan fingerprint density at radius 3 is 1.52 bits per heavy atom. The average molecular weight is 679 g/mol. The lowest BCUT2D eigenvalue weighted by molar-refractivity contribution is 0.0926. The maximum atomic E-state index is 14.6. The molecule has 1 aliphatic rings. The van der Waals surface area contributed by atoms with Crippen LogP contribution in [-0.4, -0.2) is 46.3 Å². The van der Waals surface area contributed by atoms with E-state index in [1.54, 1.807) is 6.07 Å². The van der Waals surface area contributed by atoms with Gasteiger partial charge in [-0.3, -0.25) is 9.59 Å². The molecule has 0 unspecified atom stereocenters. The van der Waals surface area contributed by atoms with Gasteiger partial charge in [0.2, 0.25) is 0 Å². The van der Waals surface area contributed by atoms with Crippen LogP contribution in [0, 0.1) is 27.7 Å². The Labute approximate surface area is 298 Å². The third-order valence-corrected chi connectivity index (χ3v) is 9.36. The number of nitrogens with zero attached hydrogens (tertiary/aromatic N) is 8. The maximum absolute atomic E-state index is 14.6. The van der Waals surface area contributed by atoms with Gasteiger partial charge in [-0.15, -0.1) is 0 Å². The Bertz CT molecular complexity index is 2640. The lowest BCUT2D eigenvalue weighted by Gasteiger charge is -2.18. The fraction of sp³-hybridized carbons (Fsp3) is 0.0952. The Morgan fingerprint density at radius 1 is 0.442 bits per heavy atom. The minimum atomic E-state index is -0.380. The van der Waals surface area contributed by atoms with E-state index in [0.717, 1.165) is 44.1 Å². The molecular formula is C42H30N8O2. The summed E-state index contributed by atoms with van der Waals surface area (Å²) in [7, 11) is 0. The molecule has 0 aliphatic carbocycles. The summed E-state index contributed by atoms with van der Waals surface area (Å²) in [5, 5.41) is 1.82. The summed E-state index contributed by atoms with van der Waals surface area (Å²) >= 11 is 0. The molecule has 2 amide bonds. The highest BCUT2D eigenvalue weighted by Crippen LogP contribution is 2.41. The third kappa shape index (κ3) is 4.95. The van der Waals surface area contributed by atoms with Crippen molar-refractivity contribution < 1.29 is 9.59 Å². The predicted molar refractivity (Wildman–Crippen MR) is 200 cm³/mol. The van der Waals surface area contributed by atoms with E-state index >= 15 is 0 Å². The summed E-state index contributed by atoms with van der Waals surface area (Å²) in [6.07, 6.45) is 0. The van der Waals surface area contributed by atoms with Crippen LogP contribution < -0.4 is 4.90 Å². The van der Waals surface area contributed by atoms with Gasteiger partial charge in [0.25, 0.3) is 11.8 Å². The van der Waals surface area contributed by atoms with Gasteiger partial charge in [0, 0.05) is 27.5 Å². The van der Waals surface area contributed by atoms with Crippen LogP contribution in [0.15, 0.2) is 109 Å². The van der Waals surface area contributed by atoms with Gasteiger partial charge >= 0.3 is 0 Å². The molecule has 1 aliphatic heterocycles. The third-order valence-electron chi connectivity index (χ3n) is 9.36. The molecular weight excluding hydrogens is 649 g/mol. The van der Waals surface area contributed by atoms with Crippen molar-refractivity contribution in [2.24, 2.45) is 0 Å². The number of rotatable bonds is 5. The number of amides is 2. The van der Waals surface area contributed by atoms with Gasteiger partial charge in [-0.1, -0.05) is 54.6 Å². The van der Waals surface area contributed by atoms with Crippen molar-refractivity contribution in [2.45, 2.75) is 27.7 Å². The molecule has 0 spiro atoms. The minimum Gasteiger partial charge on any atom is -0.308 e. The number of benzene rings is 5. The number of carbonyl (C=O) groups excluding carboxylic acids is 2. The first-order chi connectivity index (χ1) is 25.2. The smallest absolute Gasteiger partial charge is 0.268 e. The second kappa shape index (κ2) is 11.8. The van der Waals surface area contributed by atoms with Gasteiger partial charge in [0.05, 0.1) is 33.5 Å². The number of carbonyl (C=O) groups is 2. The molecule has 0 radical (unpaired) electrons. The summed E-state index contributed by atoms with van der Waals surface area (Å²) in [4.78, 5) is 57.4. The Hall–Kier alpha value is -6.94. The van der Waals surface area contributed by atoms with Crippen LogP contribution in [0.4, 0.5) is 5.69 Å². The number of aryl methyl sites for hydroxylation is 4. The second-order valence-corrected chi connectivity index (χ2v) is 12.8. The fourth-order valence-electron chi connectivity index (χ4n) is 7.25. The first kappa shape index (κ1) is 31.1. The van der Waals surface area contributed by atoms with Crippen molar-refractivity contribution in [2.75, 3.05) is 4.90 Å². The van der Waals surface area contributed by atoms with Gasteiger partial charge in [-0.05, 0) is 87.9 Å². The second-order valence-electron chi connectivity index (χ2n) is 12.8. The van der Waals surface area contributed by atoms with Crippen LogP contribution in [0.5, 0.6) is 0 Å². The first-order valence-corrected chi connectivity index (χ1v) is 16.9. The average Bonchev–Trinajstić information content (AvgIpc) is 3.60. The van der Waals surface area contributed by atoms with E-state index in [0.29, 0.717) is 57.4 Å². The predicted octanol–water partition coefficient (Wildman–Crippen LogP) is 8.19. The molecule has 0 N–H and O–H groups in total. The van der Waals surface area contributed by atoms with E-state index in [1.165, 1.54) is 4.90 Å². The van der Waals surface area contributed by atoms with Gasteiger partial charge in [0.15, 0.2) is 11.6 Å². The number of hydrogen-bond donors (Lipinski definition) is 0. The SMILES string of the molecule is Cc1nc(C)nc(-c2ccc3c(c2)c2cc(-c4nc(C)nc(C)n4)ccc2n3-c2cccc3c2C(=O)N(c2ccccc2-c2ccccc2)C3=O)n1. The van der Waals surface area contributed by atoms with Gasteiger partial charge in [-0.25, -0.2) is 34.8 Å². The van der Waals surface area contributed by atoms with Crippen LogP contribution in [0.2, 0.25) is 0 Å². The zero-order valence-corrected chi connectivity index (χ0v) is 28.8. The Kier molecular flexibility index (Phi) is 7.08. The van der Waals surface area contributed by atoms with Gasteiger partial charge in [-0.2, -0.15) is 0 Å². The highest BCUT2D eigenvalue weighted by Gasteiger charge is 2.40. The quantitative estimate of drug-likeness (QED) is 0.167. The standard InChI is InChI=1S/C42H30N8O2/c1-23-43-24(2)46-39(45-23)28-17-19-35-32(21-28)33-22-29(40-47-25(3)44-26(4)48-40)18-20-36(33)49(35)37-16-10-14-31-38(37)42(52)50(41(31)51)34-15-9-8-13-30(34)27-11-6-5-7-12-27/h5-22H,1-4H3. The summed E-state index contributed by atoms with van der Waals surface area (Å²) in [5.74, 6) is 2.93. The number of para-hydroxylation sites is 1. The molecule has 10 nitrogen and oxygen atoms in total. The van der Waals surface area contributed by atoms with Gasteiger partial charge in [0.1, 0.15) is 23.3 Å². The number of anilines is 1. The van der Waals surface area contributed by atoms with E-state index in [4.69, 9.17) is 0 Å². The van der Waals surface area contributed by atoms with Crippen molar-refractivity contribution in [3.8, 4) is 39.6 Å². The topological polar surface area (TPSA) is 120 Å². The molecule has 250 valence electrons. The summed E-state index contributed by atoms with van der Waals surface area (Å²) in [6.45, 7) is 7.40. The zero-order chi connectivity index (χ0) is 35.7. The molecule has 8 aromatic rings. The van der Waals surface area contributed by atoms with Crippen molar-refractivity contribution in [1.29, 1.82) is 0 Å². The lowest BCUT2D eigenvalue weighted by atomic mass is 10.0. The minimum absolute atomic E-state index is 0.342. The molecule has 0 saturated heterocycles. The zero-order valence-electron chi connectivity index (χ0n) is 28.8. The van der Waals surface area contributed by atoms with E-state index < -0.39 is 0 Å². The summed E-state index contributed by atoms with van der Waals surface area (Å²) < 4.78 is 2.06. The van der Waals surface area contributed by atoms with Crippen LogP contribution in [-0.2, 0) is 0 Å². The van der Waals surface area contributed by atoms with Crippen LogP contribution in [0.3, 0.4) is 0 Å². The molecule has 52 heavy (non-hydrogen) atoms. The first-order valence-electron chi connectivity index (χ1n) is 16.9. The number of fused-ring (bicyclic) bond motifs is 4. The molecule has 0 saturated carbocycles. The molecule has 9 rings (SSSR count). The van der Waals surface area contributed by atoms with E-state index in [-0.39, 0.29) is 11.8 Å². The van der Waals surface area contributed by atoms with E-state index in [9.17, 15) is 9.59 Å². The molecule has 0 fully saturated rings. The fourth-order valence-corrected chi connectivity index (χ4v) is 7.25. The maximum Gasteiger partial charge on any atom is 0.268 e. The molecule has 4 heterocycles. The molecule has 0 atom stereocenters. The van der Waals surface area contributed by atoms with Crippen LogP contribution >= 0.6 is 0 Å². The summed E-state index contributed by atoms with van der Waals surface area (Å²) in [6, 6.07) is 34.9. The normalized spacial score (nSPS) is 12.7. The van der Waals surface area contributed by atoms with Crippen LogP contribution in [0.25, 0.3) is 61.4 Å². The van der Waals surface area contributed by atoms with Crippen molar-refractivity contribution >= 4 is 39.3 Å². The Morgan fingerprint density at radius 2 is 0.942 bits per heavy atom. The highest BCUT2D eigenvalue weighted by molar-refractivity contribution is 6.36. The van der Waals surface area contributed by atoms with Crippen molar-refractivity contribution in [3.63, 3.8) is 0 Å². The number of imide groups is 1. The molecule has 10 heteroatoms. The molecule has 0 bridgehead atoms. The van der Waals surface area contributed by atoms with Gasteiger partial charge < -0.3 is 4.57 Å². The Balaban J connectivity index is 1.27. The van der Waals surface area contributed by atoms with Crippen LogP contribution in [0.1, 0.15) is 44.0 Å². The van der Waals surface area contributed by atoms with E-state index in [1.807, 2.05) is 119 Å². The number of hydrogen-bond acceptors (Lipinski definition) is 8. The number of aromatic nitrogens is 7. The monoisotopic (exact) mass is 678 g/mol. The highest BCUT2D eigenvalue weighted by atomic mass is 16.2. The van der Waals surface area contributed by atoms with E-state index in [2.05, 4.69) is 46.6 Å². The van der Waals surface area contributed by atoms with Crippen molar-refractivity contribution in [1.82, 2.24) is 34.5 Å². The largest absolute Gasteiger partial charge is 0.308 e. The lowest BCUT2D eigenvalue weighted by Crippen LogP contribution is -2.30. The molecule has 3 aromatic heterocycles. The van der Waals surface area contributed by atoms with Crippen molar-refractivity contribution in [3.05, 3.63) is 144 Å².